The predicted molar refractivity (Wildman–Crippen MR) is 131 cm³/mol. The van der Waals surface area contributed by atoms with Gasteiger partial charge in [0, 0.05) is 25.4 Å². The highest BCUT2D eigenvalue weighted by Gasteiger charge is 2.83. The first-order valence-corrected chi connectivity index (χ1v) is 14.4. The average Bonchev–Trinajstić information content (AvgIpc) is 3.46. The summed E-state index contributed by atoms with van der Waals surface area (Å²) in [6.07, 6.45) is -0.297. The fourth-order valence-electron chi connectivity index (χ4n) is 11.1. The number of hydrogen-bond donors (Lipinski definition) is 3. The van der Waals surface area contributed by atoms with E-state index in [4.69, 9.17) is 18.9 Å². The van der Waals surface area contributed by atoms with Gasteiger partial charge in [-0.1, -0.05) is 20.8 Å². The zero-order valence-electron chi connectivity index (χ0n) is 23.2. The Morgan fingerprint density at radius 3 is 2.37 bits per heavy atom. The molecular formula is C29H42O9. The number of hydrogen-bond acceptors (Lipinski definition) is 9. The molecule has 3 aliphatic heterocycles. The smallest absolute Gasteiger partial charge is 0.311 e. The molecule has 7 rings (SSSR count). The SMILES string of the molecule is CO[C@H]1CC(=O)[C@]2(C)[C@H]3CC[C@]4(C)[C@@H]5[C@H](C[C@H]4[C@H]3C[C@H]3O[C@]32[C@H]1O)O[C@@]1(OC(=O)[C@H](C)[C@H]1C)[C@@H](O)[C@]5(C)O. The molecule has 0 amide bonds. The number of aliphatic hydroxyl groups excluding tert-OH is 2. The normalized spacial score (nSPS) is 64.4. The molecule has 3 N–H and O–H groups in total. The van der Waals surface area contributed by atoms with Crippen molar-refractivity contribution in [3.8, 4) is 0 Å². The van der Waals surface area contributed by atoms with Crippen LogP contribution in [0.1, 0.15) is 66.7 Å². The van der Waals surface area contributed by atoms with Gasteiger partial charge in [-0.05, 0) is 62.7 Å². The Hall–Kier alpha value is -1.10. The van der Waals surface area contributed by atoms with Crippen LogP contribution in [0.4, 0.5) is 0 Å². The Morgan fingerprint density at radius 1 is 1.03 bits per heavy atom. The number of aliphatic hydroxyl groups is 3. The zero-order chi connectivity index (χ0) is 27.4. The van der Waals surface area contributed by atoms with E-state index in [-0.39, 0.29) is 47.4 Å². The van der Waals surface area contributed by atoms with Crippen LogP contribution in [0, 0.1) is 46.3 Å². The van der Waals surface area contributed by atoms with Gasteiger partial charge in [0.05, 0.1) is 29.6 Å². The Bertz CT molecular complexity index is 1090. The molecule has 0 unspecified atom stereocenters. The van der Waals surface area contributed by atoms with Crippen LogP contribution in [0.5, 0.6) is 0 Å². The van der Waals surface area contributed by atoms with E-state index in [0.717, 1.165) is 19.3 Å². The van der Waals surface area contributed by atoms with Crippen LogP contribution >= 0.6 is 0 Å². The molecule has 0 aromatic rings. The minimum atomic E-state index is -1.57. The summed E-state index contributed by atoms with van der Waals surface area (Å²) in [5.41, 5.74) is -3.57. The lowest BCUT2D eigenvalue weighted by Gasteiger charge is -2.61. The van der Waals surface area contributed by atoms with E-state index in [9.17, 15) is 24.9 Å². The van der Waals surface area contributed by atoms with Gasteiger partial charge in [-0.3, -0.25) is 9.59 Å². The van der Waals surface area contributed by atoms with Crippen LogP contribution in [0.25, 0.3) is 0 Å². The summed E-state index contributed by atoms with van der Waals surface area (Å²) < 4.78 is 24.2. The van der Waals surface area contributed by atoms with Crippen LogP contribution in [0.15, 0.2) is 0 Å². The van der Waals surface area contributed by atoms with Crippen LogP contribution in [-0.4, -0.2) is 81.7 Å². The molecule has 0 radical (unpaired) electrons. The molecule has 0 aromatic carbocycles. The minimum absolute atomic E-state index is 0.0338. The molecule has 16 atom stereocenters. The summed E-state index contributed by atoms with van der Waals surface area (Å²) in [6, 6.07) is 0. The van der Waals surface area contributed by atoms with Crippen molar-refractivity contribution in [2.45, 2.75) is 114 Å². The Labute approximate surface area is 223 Å². The van der Waals surface area contributed by atoms with Gasteiger partial charge < -0.3 is 34.3 Å². The molecular weight excluding hydrogens is 492 g/mol. The average molecular weight is 535 g/mol. The molecule has 9 heteroatoms. The van der Waals surface area contributed by atoms with Crippen molar-refractivity contribution >= 4 is 11.8 Å². The molecule has 3 saturated heterocycles. The standard InChI is InChI=1S/C29H42O9/c1-12-13(2)29(38-23(12)32)24(33)27(5,34)21-17(36-29)10-16-14-9-20-28(37-20)22(31)18(35-6)11-19(30)26(28,4)15(14)7-8-25(16,21)3/h12-18,20-22,24,31,33-34H,7-11H2,1-6H3/t12-,13-,14+,15+,16+,17+,18+,20-,21+,22+,24+,25+,26+,27-,28+,29+/m1/s1. The highest BCUT2D eigenvalue weighted by Crippen LogP contribution is 2.75. The lowest BCUT2D eigenvalue weighted by Crippen LogP contribution is -2.71. The first-order chi connectivity index (χ1) is 17.7. The second kappa shape index (κ2) is 7.39. The van der Waals surface area contributed by atoms with E-state index in [1.807, 2.05) is 13.8 Å². The third-order valence-corrected chi connectivity index (χ3v) is 13.2. The van der Waals surface area contributed by atoms with E-state index < -0.39 is 64.6 Å². The van der Waals surface area contributed by atoms with Gasteiger partial charge in [-0.25, -0.2) is 0 Å². The quantitative estimate of drug-likeness (QED) is 0.339. The van der Waals surface area contributed by atoms with Crippen molar-refractivity contribution in [1.82, 2.24) is 0 Å². The summed E-state index contributed by atoms with van der Waals surface area (Å²) in [4.78, 5) is 26.3. The van der Waals surface area contributed by atoms with Gasteiger partial charge in [0.25, 0.3) is 0 Å². The van der Waals surface area contributed by atoms with Crippen molar-refractivity contribution < 1.29 is 43.9 Å². The Kier molecular flexibility index (Phi) is 5.03. The molecule has 38 heavy (non-hydrogen) atoms. The van der Waals surface area contributed by atoms with Crippen molar-refractivity contribution in [2.24, 2.45) is 46.3 Å². The number of rotatable bonds is 1. The molecule has 7 fully saturated rings. The zero-order valence-corrected chi connectivity index (χ0v) is 23.2. The summed E-state index contributed by atoms with van der Waals surface area (Å²) in [5, 5.41) is 34.9. The van der Waals surface area contributed by atoms with Crippen LogP contribution in [0.2, 0.25) is 0 Å². The maximum atomic E-state index is 13.8. The summed E-state index contributed by atoms with van der Waals surface area (Å²) in [6.45, 7) is 9.48. The number of ether oxygens (including phenoxy) is 4. The number of fused-ring (bicyclic) bond motifs is 6. The van der Waals surface area contributed by atoms with E-state index >= 15 is 0 Å². The number of epoxide rings is 1. The highest BCUT2D eigenvalue weighted by atomic mass is 16.7. The van der Waals surface area contributed by atoms with E-state index in [1.165, 1.54) is 7.11 Å². The summed E-state index contributed by atoms with van der Waals surface area (Å²) >= 11 is 0. The Morgan fingerprint density at radius 2 is 1.74 bits per heavy atom. The van der Waals surface area contributed by atoms with Crippen molar-refractivity contribution in [1.29, 1.82) is 0 Å². The number of carbonyl (C=O) groups is 2. The Balaban J connectivity index is 1.26. The topological polar surface area (TPSA) is 135 Å². The predicted octanol–water partition coefficient (Wildman–Crippen LogP) is 1.59. The van der Waals surface area contributed by atoms with Crippen molar-refractivity contribution in [2.75, 3.05) is 7.11 Å². The molecule has 9 nitrogen and oxygen atoms in total. The molecule has 0 aromatic heterocycles. The maximum absolute atomic E-state index is 13.8. The van der Waals surface area contributed by atoms with E-state index in [1.54, 1.807) is 13.8 Å². The van der Waals surface area contributed by atoms with Gasteiger partial charge >= 0.3 is 5.97 Å². The largest absolute Gasteiger partial charge is 0.429 e. The van der Waals surface area contributed by atoms with Gasteiger partial charge in [-0.2, -0.15) is 0 Å². The second-order valence-electron chi connectivity index (χ2n) is 14.3. The number of ketones is 1. The van der Waals surface area contributed by atoms with Gasteiger partial charge in [0.1, 0.15) is 29.2 Å². The monoisotopic (exact) mass is 534 g/mol. The summed E-state index contributed by atoms with van der Waals surface area (Å²) in [5.74, 6) is -2.79. The van der Waals surface area contributed by atoms with Crippen LogP contribution in [0.3, 0.4) is 0 Å². The van der Waals surface area contributed by atoms with Crippen LogP contribution < -0.4 is 0 Å². The molecule has 7 aliphatic rings. The molecule has 3 heterocycles. The van der Waals surface area contributed by atoms with Gasteiger partial charge in [-0.15, -0.1) is 0 Å². The molecule has 0 bridgehead atoms. The van der Waals surface area contributed by atoms with E-state index in [0.29, 0.717) is 6.42 Å². The second-order valence-corrected chi connectivity index (χ2v) is 14.3. The molecule has 4 aliphatic carbocycles. The van der Waals surface area contributed by atoms with Crippen molar-refractivity contribution in [3.05, 3.63) is 0 Å². The first kappa shape index (κ1) is 25.8. The third kappa shape index (κ3) is 2.57. The van der Waals surface area contributed by atoms with Gasteiger partial charge in [0.15, 0.2) is 0 Å². The fourth-order valence-corrected chi connectivity index (χ4v) is 11.1. The summed E-state index contributed by atoms with van der Waals surface area (Å²) in [7, 11) is 1.53. The van der Waals surface area contributed by atoms with Crippen molar-refractivity contribution in [3.63, 3.8) is 0 Å². The molecule has 4 saturated carbocycles. The van der Waals surface area contributed by atoms with E-state index in [2.05, 4.69) is 6.92 Å². The minimum Gasteiger partial charge on any atom is -0.429 e. The fraction of sp³-hybridized carbons (Fsp3) is 0.931. The lowest BCUT2D eigenvalue weighted by molar-refractivity contribution is -0.368. The van der Waals surface area contributed by atoms with Gasteiger partial charge in [0.2, 0.25) is 5.79 Å². The third-order valence-electron chi connectivity index (χ3n) is 13.2. The lowest BCUT2D eigenvalue weighted by atomic mass is 9.43. The maximum Gasteiger partial charge on any atom is 0.311 e. The number of Topliss-reactive ketones (excluding diaryl/α,β-unsaturated/α-hetero) is 1. The number of esters is 1. The van der Waals surface area contributed by atoms with Crippen LogP contribution in [-0.2, 0) is 28.5 Å². The first-order valence-electron chi connectivity index (χ1n) is 14.4. The number of carbonyl (C=O) groups excluding carboxylic acids is 2. The molecule has 2 spiro atoms. The highest BCUT2D eigenvalue weighted by molar-refractivity contribution is 5.89. The molecule has 212 valence electrons. The number of methoxy groups -OCH3 is 1.